The first-order valence-corrected chi connectivity index (χ1v) is 9.49. The maximum Gasteiger partial charge on any atom is 0.200 e. The molecule has 0 aliphatic heterocycles. The van der Waals surface area contributed by atoms with Crippen molar-refractivity contribution in [1.82, 2.24) is 0 Å². The van der Waals surface area contributed by atoms with E-state index in [2.05, 4.69) is 23.4 Å². The minimum absolute atomic E-state index is 0.700. The largest absolute Gasteiger partial charge is 0.378 e. The average Bonchev–Trinajstić information content (AvgIpc) is 2.75. The summed E-state index contributed by atoms with van der Waals surface area (Å²) in [6.45, 7) is 15.4. The highest BCUT2D eigenvalue weighted by Gasteiger charge is 2.34. The second-order valence-corrected chi connectivity index (χ2v) is 6.64. The minimum Gasteiger partial charge on any atom is -0.378 e. The van der Waals surface area contributed by atoms with E-state index in [1.54, 1.807) is 0 Å². The highest BCUT2D eigenvalue weighted by Crippen LogP contribution is 2.39. The van der Waals surface area contributed by atoms with Crippen molar-refractivity contribution in [2.45, 2.75) is 39.3 Å². The standard InChI is InChI=1S/C22H23N5.C2H6/c1-15-12-21(16(2)11-20(15)17(13-23)14-24)22(25-3,26-4)18-7-9-19(10-8-18)27(5)6;1-2/h7-12,17H,3-4H2,1-2,5-6H3;1-2H3. The zero-order valence-electron chi connectivity index (χ0n) is 18.2. The predicted molar refractivity (Wildman–Crippen MR) is 122 cm³/mol. The third-order valence-electron chi connectivity index (χ3n) is 4.80. The average molecular weight is 388 g/mol. The first-order valence-electron chi connectivity index (χ1n) is 9.49. The van der Waals surface area contributed by atoms with Gasteiger partial charge in [-0.3, -0.25) is 9.98 Å². The Morgan fingerprint density at radius 3 is 1.86 bits per heavy atom. The van der Waals surface area contributed by atoms with Gasteiger partial charge >= 0.3 is 0 Å². The Kier molecular flexibility index (Phi) is 8.30. The number of nitriles is 2. The van der Waals surface area contributed by atoms with Crippen LogP contribution in [-0.2, 0) is 5.66 Å². The van der Waals surface area contributed by atoms with E-state index in [4.69, 9.17) is 0 Å². The third kappa shape index (κ3) is 4.52. The van der Waals surface area contributed by atoms with Crippen LogP contribution in [0.15, 0.2) is 46.4 Å². The molecule has 0 aliphatic rings. The molecule has 5 heteroatoms. The van der Waals surface area contributed by atoms with Gasteiger partial charge in [-0.1, -0.05) is 38.1 Å². The van der Waals surface area contributed by atoms with Gasteiger partial charge in [0.2, 0.25) is 0 Å². The van der Waals surface area contributed by atoms with Crippen molar-refractivity contribution in [3.05, 3.63) is 64.2 Å². The van der Waals surface area contributed by atoms with Gasteiger partial charge in [-0.05, 0) is 56.1 Å². The molecular formula is C24H29N5. The van der Waals surface area contributed by atoms with Crippen LogP contribution in [0.25, 0.3) is 0 Å². The summed E-state index contributed by atoms with van der Waals surface area (Å²) >= 11 is 0. The molecule has 150 valence electrons. The lowest BCUT2D eigenvalue weighted by molar-refractivity contribution is 0.580. The molecule has 0 radical (unpaired) electrons. The molecule has 0 aromatic heterocycles. The molecule has 0 amide bonds. The quantitative estimate of drug-likeness (QED) is 0.645. The molecule has 2 rings (SSSR count). The van der Waals surface area contributed by atoms with Gasteiger partial charge in [0.1, 0.15) is 0 Å². The molecule has 0 spiro atoms. The summed E-state index contributed by atoms with van der Waals surface area (Å²) in [6, 6.07) is 15.8. The Morgan fingerprint density at radius 2 is 1.45 bits per heavy atom. The van der Waals surface area contributed by atoms with Crippen molar-refractivity contribution >= 4 is 19.1 Å². The van der Waals surface area contributed by atoms with Crippen LogP contribution < -0.4 is 4.90 Å². The second kappa shape index (κ2) is 10.2. The Morgan fingerprint density at radius 1 is 0.931 bits per heavy atom. The van der Waals surface area contributed by atoms with Gasteiger partial charge in [0.15, 0.2) is 11.6 Å². The van der Waals surface area contributed by atoms with Crippen molar-refractivity contribution in [3.63, 3.8) is 0 Å². The Bertz CT molecular complexity index is 921. The van der Waals surface area contributed by atoms with Crippen LogP contribution in [0.3, 0.4) is 0 Å². The summed E-state index contributed by atoms with van der Waals surface area (Å²) in [7, 11) is 3.96. The molecule has 0 atom stereocenters. The van der Waals surface area contributed by atoms with Crippen molar-refractivity contribution in [3.8, 4) is 12.1 Å². The topological polar surface area (TPSA) is 75.5 Å². The molecular weight excluding hydrogens is 358 g/mol. The van der Waals surface area contributed by atoms with Gasteiger partial charge < -0.3 is 4.90 Å². The van der Waals surface area contributed by atoms with Crippen LogP contribution >= 0.6 is 0 Å². The van der Waals surface area contributed by atoms with E-state index < -0.39 is 11.6 Å². The first kappa shape index (κ1) is 23.6. The van der Waals surface area contributed by atoms with E-state index in [9.17, 15) is 10.5 Å². The van der Waals surface area contributed by atoms with Gasteiger partial charge in [-0.25, -0.2) is 0 Å². The van der Waals surface area contributed by atoms with Crippen molar-refractivity contribution in [2.75, 3.05) is 19.0 Å². The molecule has 0 bridgehead atoms. The Balaban J connectivity index is 0.00000204. The minimum atomic E-state index is -1.05. The molecule has 5 nitrogen and oxygen atoms in total. The summed E-state index contributed by atoms with van der Waals surface area (Å²) < 4.78 is 0. The SMILES string of the molecule is C=NC(N=C)(c1ccc(N(C)C)cc1)c1cc(C)c(C(C#N)C#N)cc1C.CC. The maximum absolute atomic E-state index is 9.23. The van der Waals surface area contributed by atoms with E-state index >= 15 is 0 Å². The smallest absolute Gasteiger partial charge is 0.200 e. The van der Waals surface area contributed by atoms with Crippen LogP contribution in [-0.4, -0.2) is 27.5 Å². The van der Waals surface area contributed by atoms with Crippen LogP contribution in [0.4, 0.5) is 5.69 Å². The number of hydrogen-bond donors (Lipinski definition) is 0. The lowest BCUT2D eigenvalue weighted by Gasteiger charge is -2.29. The summed E-state index contributed by atoms with van der Waals surface area (Å²) in [6.07, 6.45) is 0. The zero-order valence-corrected chi connectivity index (χ0v) is 18.2. The van der Waals surface area contributed by atoms with E-state index in [0.717, 1.165) is 27.9 Å². The fraction of sp³-hybridized carbons (Fsp3) is 0.333. The molecule has 29 heavy (non-hydrogen) atoms. The third-order valence-corrected chi connectivity index (χ3v) is 4.80. The van der Waals surface area contributed by atoms with Crippen molar-refractivity contribution in [2.24, 2.45) is 9.98 Å². The van der Waals surface area contributed by atoms with Crippen LogP contribution in [0.1, 0.15) is 47.6 Å². The van der Waals surface area contributed by atoms with Gasteiger partial charge in [0.05, 0.1) is 12.1 Å². The van der Waals surface area contributed by atoms with E-state index in [1.165, 1.54) is 0 Å². The van der Waals surface area contributed by atoms with Gasteiger partial charge in [0, 0.05) is 30.9 Å². The highest BCUT2D eigenvalue weighted by molar-refractivity contribution is 5.55. The molecule has 0 unspecified atom stereocenters. The lowest BCUT2D eigenvalue weighted by atomic mass is 9.84. The number of aliphatic imine (C=N–C) groups is 2. The van der Waals surface area contributed by atoms with Crippen molar-refractivity contribution in [1.29, 1.82) is 10.5 Å². The second-order valence-electron chi connectivity index (χ2n) is 6.64. The normalized spacial score (nSPS) is 10.2. The van der Waals surface area contributed by atoms with E-state index in [0.29, 0.717) is 5.56 Å². The van der Waals surface area contributed by atoms with Crippen molar-refractivity contribution < 1.29 is 0 Å². The molecule has 0 saturated carbocycles. The van der Waals surface area contributed by atoms with E-state index in [1.807, 2.05) is 95.2 Å². The fourth-order valence-electron chi connectivity index (χ4n) is 3.24. The molecule has 0 aliphatic carbocycles. The summed E-state index contributed by atoms with van der Waals surface area (Å²) in [4.78, 5) is 10.7. The predicted octanol–water partition coefficient (Wildman–Crippen LogP) is 5.13. The summed E-state index contributed by atoms with van der Waals surface area (Å²) in [5.74, 6) is -0.806. The fourth-order valence-corrected chi connectivity index (χ4v) is 3.24. The maximum atomic E-state index is 9.23. The monoisotopic (exact) mass is 387 g/mol. The Hall–Kier alpha value is -3.44. The molecule has 2 aromatic rings. The van der Waals surface area contributed by atoms with Crippen LogP contribution in [0.5, 0.6) is 0 Å². The zero-order chi connectivity index (χ0) is 22.2. The number of rotatable bonds is 6. The first-order chi connectivity index (χ1) is 13.8. The molecule has 2 aromatic carbocycles. The Labute approximate surface area is 174 Å². The van der Waals surface area contributed by atoms with Crippen LogP contribution in [0.2, 0.25) is 0 Å². The molecule has 0 saturated heterocycles. The van der Waals surface area contributed by atoms with Gasteiger partial charge in [-0.15, -0.1) is 0 Å². The van der Waals surface area contributed by atoms with Crippen LogP contribution in [0, 0.1) is 36.5 Å². The summed E-state index contributed by atoms with van der Waals surface area (Å²) in [5, 5.41) is 18.5. The molecule has 0 N–H and O–H groups in total. The van der Waals surface area contributed by atoms with E-state index in [-0.39, 0.29) is 0 Å². The number of hydrogen-bond acceptors (Lipinski definition) is 5. The number of nitrogens with zero attached hydrogens (tertiary/aromatic N) is 5. The molecule has 0 fully saturated rings. The summed E-state index contributed by atoms with van der Waals surface area (Å²) in [5.41, 5.74) is 4.12. The number of anilines is 1. The number of aryl methyl sites for hydroxylation is 2. The highest BCUT2D eigenvalue weighted by atomic mass is 15.1. The van der Waals surface area contributed by atoms with Gasteiger partial charge in [-0.2, -0.15) is 10.5 Å². The number of benzene rings is 2. The molecule has 0 heterocycles. The lowest BCUT2D eigenvalue weighted by Crippen LogP contribution is -2.24. The van der Waals surface area contributed by atoms with Gasteiger partial charge in [0.25, 0.3) is 0 Å².